The van der Waals surface area contributed by atoms with Crippen molar-refractivity contribution in [2.24, 2.45) is 0 Å². The van der Waals surface area contributed by atoms with Crippen molar-refractivity contribution < 1.29 is 31.1 Å². The molecule has 0 atom stereocenters. The van der Waals surface area contributed by atoms with E-state index in [1.165, 1.54) is 26.0 Å². The highest BCUT2D eigenvalue weighted by Crippen LogP contribution is 2.41. The zero-order valence-electron chi connectivity index (χ0n) is 21.0. The van der Waals surface area contributed by atoms with Crippen molar-refractivity contribution in [3.05, 3.63) is 111 Å². The lowest BCUT2D eigenvalue weighted by atomic mass is 9.94. The maximum atomic E-state index is 14.1. The van der Waals surface area contributed by atoms with Gasteiger partial charge in [-0.3, -0.25) is 0 Å². The van der Waals surface area contributed by atoms with Crippen molar-refractivity contribution in [3.63, 3.8) is 0 Å². The molecule has 0 aliphatic carbocycles. The van der Waals surface area contributed by atoms with Crippen molar-refractivity contribution in [3.8, 4) is 16.9 Å². The molecule has 1 nitrogen and oxygen atoms in total. The van der Waals surface area contributed by atoms with Gasteiger partial charge in [0.15, 0.2) is 34.8 Å². The second-order valence-corrected chi connectivity index (χ2v) is 9.49. The first-order chi connectivity index (χ1) is 18.0. The van der Waals surface area contributed by atoms with E-state index in [9.17, 15) is 26.3 Å². The molecule has 0 N–H and O–H groups in total. The summed E-state index contributed by atoms with van der Waals surface area (Å²) < 4.78 is 89.0. The fourth-order valence-corrected chi connectivity index (χ4v) is 4.79. The normalized spacial score (nSPS) is 12.1. The van der Waals surface area contributed by atoms with Crippen LogP contribution in [0.2, 0.25) is 0 Å². The highest BCUT2D eigenvalue weighted by atomic mass is 19.2. The monoisotopic (exact) mass is 524 g/mol. The number of halogens is 6. The zero-order valence-corrected chi connectivity index (χ0v) is 21.0. The molecule has 6 rings (SSSR count). The molecule has 194 valence electrons. The van der Waals surface area contributed by atoms with Crippen LogP contribution in [0.15, 0.2) is 48.5 Å². The number of hydrogen-bond donors (Lipinski definition) is 0. The molecular weight excluding hydrogens is 502 g/mol. The summed E-state index contributed by atoms with van der Waals surface area (Å²) in [4.78, 5) is 0. The van der Waals surface area contributed by atoms with Gasteiger partial charge in [0, 0.05) is 21.9 Å². The molecule has 38 heavy (non-hydrogen) atoms. The molecule has 0 fully saturated rings. The molecule has 0 radical (unpaired) electrons. The van der Waals surface area contributed by atoms with Crippen LogP contribution in [-0.4, -0.2) is 0 Å². The van der Waals surface area contributed by atoms with E-state index in [2.05, 4.69) is 0 Å². The minimum atomic E-state index is -1.15. The molecule has 5 aromatic rings. The third kappa shape index (κ3) is 3.97. The Balaban J connectivity index is 0.000000156. The van der Waals surface area contributed by atoms with Gasteiger partial charge in [0.1, 0.15) is 12.4 Å². The Morgan fingerprint density at radius 3 is 1.50 bits per heavy atom. The summed E-state index contributed by atoms with van der Waals surface area (Å²) in [6.07, 6.45) is 0. The number of benzene rings is 5. The Kier molecular flexibility index (Phi) is 6.33. The number of fused-ring (bicyclic) bond motifs is 6. The van der Waals surface area contributed by atoms with Crippen LogP contribution >= 0.6 is 0 Å². The van der Waals surface area contributed by atoms with E-state index in [4.69, 9.17) is 4.74 Å². The summed E-state index contributed by atoms with van der Waals surface area (Å²) in [5.74, 6) is -4.76. The third-order valence-electron chi connectivity index (χ3n) is 6.91. The topological polar surface area (TPSA) is 9.23 Å². The van der Waals surface area contributed by atoms with Crippen LogP contribution in [0.4, 0.5) is 26.3 Å². The highest BCUT2D eigenvalue weighted by molar-refractivity contribution is 6.08. The lowest BCUT2D eigenvalue weighted by molar-refractivity contribution is 0.280. The van der Waals surface area contributed by atoms with Crippen LogP contribution in [0, 0.1) is 62.6 Å². The summed E-state index contributed by atoms with van der Waals surface area (Å²) in [7, 11) is 0. The lowest BCUT2D eigenvalue weighted by Crippen LogP contribution is -2.10. The average molecular weight is 525 g/mol. The number of hydrogen-bond acceptors (Lipinski definition) is 1. The predicted octanol–water partition coefficient (Wildman–Crippen LogP) is 9.31. The van der Waals surface area contributed by atoms with E-state index in [1.54, 1.807) is 44.2 Å². The average Bonchev–Trinajstić information content (AvgIpc) is 2.90. The van der Waals surface area contributed by atoms with Crippen LogP contribution in [0.5, 0.6) is 5.75 Å². The largest absolute Gasteiger partial charge is 0.485 e. The van der Waals surface area contributed by atoms with Crippen molar-refractivity contribution >= 4 is 21.5 Å². The molecule has 0 unspecified atom stereocenters. The van der Waals surface area contributed by atoms with Gasteiger partial charge in [-0.2, -0.15) is 0 Å². The van der Waals surface area contributed by atoms with Gasteiger partial charge in [-0.1, -0.05) is 36.4 Å². The Bertz CT molecular complexity index is 1640. The molecule has 5 aromatic carbocycles. The summed E-state index contributed by atoms with van der Waals surface area (Å²) in [6, 6.07) is 13.0. The minimum absolute atomic E-state index is 0.0796. The quantitative estimate of drug-likeness (QED) is 0.145. The van der Waals surface area contributed by atoms with E-state index < -0.39 is 23.3 Å². The first-order valence-electron chi connectivity index (χ1n) is 11.9. The molecule has 0 bridgehead atoms. The van der Waals surface area contributed by atoms with Gasteiger partial charge < -0.3 is 4.74 Å². The van der Waals surface area contributed by atoms with Crippen LogP contribution in [0.3, 0.4) is 0 Å². The first-order valence-corrected chi connectivity index (χ1v) is 11.9. The van der Waals surface area contributed by atoms with Crippen molar-refractivity contribution in [2.75, 3.05) is 0 Å². The van der Waals surface area contributed by atoms with Gasteiger partial charge in [0.25, 0.3) is 0 Å². The Labute approximate surface area is 215 Å². The first kappa shape index (κ1) is 25.6. The number of aryl methyl sites for hydroxylation is 4. The van der Waals surface area contributed by atoms with Gasteiger partial charge in [-0.25, -0.2) is 26.3 Å². The third-order valence-corrected chi connectivity index (χ3v) is 6.91. The van der Waals surface area contributed by atoms with Crippen LogP contribution < -0.4 is 4.74 Å². The number of rotatable bonds is 0. The molecule has 1 aliphatic rings. The molecule has 0 spiro atoms. The molecule has 1 heterocycles. The maximum Gasteiger partial charge on any atom is 0.168 e. The maximum absolute atomic E-state index is 14.1. The van der Waals surface area contributed by atoms with Crippen LogP contribution in [-0.2, 0) is 6.61 Å². The van der Waals surface area contributed by atoms with E-state index in [0.29, 0.717) is 33.0 Å². The zero-order chi connectivity index (χ0) is 27.5. The standard InChI is InChI=1S/C16H10F4.C15H12F2O/c1-7-5-9-3-4-10-6-8(2)14(18)16(20)12(10)11(9)15(19)13(7)17;1-8-3-5-10-11-6-4-9(2)14(17)15(11)18-7-12(10)13(8)16/h3-6H,1-2H3;3-6H,7H2,1-2H3. The molecule has 0 saturated heterocycles. The summed E-state index contributed by atoms with van der Waals surface area (Å²) >= 11 is 0. The minimum Gasteiger partial charge on any atom is -0.485 e. The molecule has 1 aliphatic heterocycles. The van der Waals surface area contributed by atoms with Crippen molar-refractivity contribution in [1.82, 2.24) is 0 Å². The highest BCUT2D eigenvalue weighted by Gasteiger charge is 2.24. The molecule has 0 aromatic heterocycles. The number of ether oxygens (including phenoxy) is 1. The van der Waals surface area contributed by atoms with Crippen molar-refractivity contribution in [1.29, 1.82) is 0 Å². The molecular formula is C31H22F6O. The van der Waals surface area contributed by atoms with E-state index >= 15 is 0 Å². The second-order valence-electron chi connectivity index (χ2n) is 9.49. The van der Waals surface area contributed by atoms with Crippen LogP contribution in [0.25, 0.3) is 32.7 Å². The summed E-state index contributed by atoms with van der Waals surface area (Å²) in [6.45, 7) is 6.32. The Morgan fingerprint density at radius 1 is 0.500 bits per heavy atom. The molecule has 7 heteroatoms. The van der Waals surface area contributed by atoms with Gasteiger partial charge in [-0.15, -0.1) is 0 Å². The second kappa shape index (κ2) is 9.39. The lowest BCUT2D eigenvalue weighted by Gasteiger charge is -2.22. The summed E-state index contributed by atoms with van der Waals surface area (Å²) in [5, 5.41) is 0.246. The summed E-state index contributed by atoms with van der Waals surface area (Å²) in [5.41, 5.74) is 3.21. The predicted molar refractivity (Wildman–Crippen MR) is 136 cm³/mol. The molecule has 0 amide bonds. The van der Waals surface area contributed by atoms with Crippen LogP contribution in [0.1, 0.15) is 27.8 Å². The van der Waals surface area contributed by atoms with Gasteiger partial charge in [-0.05, 0) is 78.4 Å². The van der Waals surface area contributed by atoms with Crippen molar-refractivity contribution in [2.45, 2.75) is 34.3 Å². The van der Waals surface area contributed by atoms with Gasteiger partial charge in [0.2, 0.25) is 0 Å². The van der Waals surface area contributed by atoms with Gasteiger partial charge in [0.05, 0.1) is 0 Å². The Hall–Kier alpha value is -4.00. The SMILES string of the molecule is Cc1cc2ccc3cc(C)c(F)c(F)c3c2c(F)c1F.Cc1ccc2c(c1F)COc1c-2ccc(C)c1F. The molecule has 0 saturated carbocycles. The van der Waals surface area contributed by atoms with E-state index in [0.717, 1.165) is 5.56 Å². The smallest absolute Gasteiger partial charge is 0.168 e. The fourth-order valence-electron chi connectivity index (χ4n) is 4.79. The van der Waals surface area contributed by atoms with Gasteiger partial charge >= 0.3 is 0 Å². The van der Waals surface area contributed by atoms with E-state index in [1.807, 2.05) is 6.07 Å². The Morgan fingerprint density at radius 2 is 0.974 bits per heavy atom. The van der Waals surface area contributed by atoms with E-state index in [-0.39, 0.29) is 45.9 Å². The fraction of sp³-hybridized carbons (Fsp3) is 0.161.